The number of rotatable bonds is 2. The van der Waals surface area contributed by atoms with Crippen LogP contribution in [0.3, 0.4) is 0 Å². The lowest BCUT2D eigenvalue weighted by Crippen LogP contribution is -2.29. The number of carbonyl (C=O) groups is 1. The predicted octanol–water partition coefficient (Wildman–Crippen LogP) is 4.25. The first-order valence-electron chi connectivity index (χ1n) is 7.34. The predicted molar refractivity (Wildman–Crippen MR) is 89.0 cm³/mol. The zero-order valence-electron chi connectivity index (χ0n) is 13.0. The van der Waals surface area contributed by atoms with Gasteiger partial charge in [0.1, 0.15) is 11.4 Å². The van der Waals surface area contributed by atoms with Crippen molar-refractivity contribution in [1.29, 1.82) is 0 Å². The summed E-state index contributed by atoms with van der Waals surface area (Å²) in [5, 5.41) is 2.83. The molecule has 1 aliphatic rings. The molecule has 3 rings (SSSR count). The second-order valence-electron chi connectivity index (χ2n) is 6.02. The van der Waals surface area contributed by atoms with Crippen LogP contribution in [0.2, 0.25) is 0 Å². The molecule has 1 N–H and O–H groups in total. The topological polar surface area (TPSA) is 38.3 Å². The van der Waals surface area contributed by atoms with Gasteiger partial charge in [-0.3, -0.25) is 4.79 Å². The van der Waals surface area contributed by atoms with Crippen LogP contribution in [-0.2, 0) is 4.79 Å². The molecule has 1 aliphatic heterocycles. The van der Waals surface area contributed by atoms with Crippen LogP contribution >= 0.6 is 0 Å². The van der Waals surface area contributed by atoms with Gasteiger partial charge in [0.2, 0.25) is 5.91 Å². The average Bonchev–Trinajstić information content (AvgIpc) is 2.45. The lowest BCUT2D eigenvalue weighted by molar-refractivity contribution is -0.114. The van der Waals surface area contributed by atoms with Crippen LogP contribution in [0.4, 0.5) is 5.69 Å². The molecule has 0 saturated carbocycles. The zero-order valence-corrected chi connectivity index (χ0v) is 13.0. The zero-order chi connectivity index (χ0) is 15.7. The first-order chi connectivity index (χ1) is 10.4. The standard InChI is InChI=1S/C19H19NO2/c1-13(21)20-15-8-6-7-14(11-15)17-12-19(2,3)22-18-10-5-4-9-16(17)18/h4-12H,1-3H3,(H,20,21). The molecule has 0 aliphatic carbocycles. The summed E-state index contributed by atoms with van der Waals surface area (Å²) in [6.45, 7) is 5.60. The Morgan fingerprint density at radius 2 is 1.86 bits per heavy atom. The van der Waals surface area contributed by atoms with Crippen LogP contribution in [0, 0.1) is 0 Å². The number of benzene rings is 2. The minimum Gasteiger partial charge on any atom is -0.483 e. The van der Waals surface area contributed by atoms with Gasteiger partial charge in [0.15, 0.2) is 0 Å². The Hall–Kier alpha value is -2.55. The summed E-state index contributed by atoms with van der Waals surface area (Å²) in [7, 11) is 0. The van der Waals surface area contributed by atoms with E-state index in [-0.39, 0.29) is 11.5 Å². The van der Waals surface area contributed by atoms with Crippen LogP contribution in [0.25, 0.3) is 5.57 Å². The third-order valence-electron chi connectivity index (χ3n) is 3.54. The molecular weight excluding hydrogens is 274 g/mol. The van der Waals surface area contributed by atoms with Crippen LogP contribution < -0.4 is 10.1 Å². The van der Waals surface area contributed by atoms with Gasteiger partial charge in [-0.25, -0.2) is 0 Å². The highest BCUT2D eigenvalue weighted by Gasteiger charge is 2.26. The van der Waals surface area contributed by atoms with Crippen molar-refractivity contribution in [1.82, 2.24) is 0 Å². The maximum absolute atomic E-state index is 11.3. The largest absolute Gasteiger partial charge is 0.483 e. The Labute approximate surface area is 130 Å². The second kappa shape index (κ2) is 5.34. The Kier molecular flexibility index (Phi) is 3.49. The first-order valence-corrected chi connectivity index (χ1v) is 7.34. The van der Waals surface area contributed by atoms with Crippen molar-refractivity contribution in [2.45, 2.75) is 26.4 Å². The number of carbonyl (C=O) groups excluding carboxylic acids is 1. The molecule has 0 aromatic heterocycles. The van der Waals surface area contributed by atoms with Crippen molar-refractivity contribution in [3.63, 3.8) is 0 Å². The van der Waals surface area contributed by atoms with E-state index in [4.69, 9.17) is 4.74 Å². The number of nitrogens with one attached hydrogen (secondary N) is 1. The molecule has 1 heterocycles. The van der Waals surface area contributed by atoms with Crippen molar-refractivity contribution < 1.29 is 9.53 Å². The molecule has 1 amide bonds. The molecule has 0 bridgehead atoms. The Bertz CT molecular complexity index is 760. The Morgan fingerprint density at radius 3 is 2.64 bits per heavy atom. The summed E-state index contributed by atoms with van der Waals surface area (Å²) in [5.74, 6) is 0.814. The molecule has 0 spiro atoms. The number of hydrogen-bond donors (Lipinski definition) is 1. The van der Waals surface area contributed by atoms with Gasteiger partial charge in [-0.05, 0) is 49.3 Å². The summed E-state index contributed by atoms with van der Waals surface area (Å²) in [6, 6.07) is 15.9. The number of amides is 1. The van der Waals surface area contributed by atoms with E-state index < -0.39 is 0 Å². The van der Waals surface area contributed by atoms with Crippen molar-refractivity contribution in [3.05, 3.63) is 65.7 Å². The summed E-state index contributed by atoms with van der Waals surface area (Å²) in [4.78, 5) is 11.3. The lowest BCUT2D eigenvalue weighted by Gasteiger charge is -2.31. The molecule has 2 aromatic rings. The molecule has 0 radical (unpaired) electrons. The minimum absolute atomic E-state index is 0.0705. The number of ether oxygens (including phenoxy) is 1. The van der Waals surface area contributed by atoms with E-state index in [9.17, 15) is 4.79 Å². The Balaban J connectivity index is 2.10. The smallest absolute Gasteiger partial charge is 0.221 e. The second-order valence-corrected chi connectivity index (χ2v) is 6.02. The molecule has 3 heteroatoms. The summed E-state index contributed by atoms with van der Waals surface area (Å²) in [6.07, 6.45) is 2.13. The fourth-order valence-corrected chi connectivity index (χ4v) is 2.72. The summed E-state index contributed by atoms with van der Waals surface area (Å²) < 4.78 is 6.02. The van der Waals surface area contributed by atoms with Gasteiger partial charge in [-0.15, -0.1) is 0 Å². The molecule has 2 aromatic carbocycles. The van der Waals surface area contributed by atoms with E-state index in [1.54, 1.807) is 0 Å². The summed E-state index contributed by atoms with van der Waals surface area (Å²) >= 11 is 0. The molecular formula is C19H19NO2. The van der Waals surface area contributed by atoms with E-state index in [1.807, 2.05) is 50.2 Å². The maximum Gasteiger partial charge on any atom is 0.221 e. The van der Waals surface area contributed by atoms with Gasteiger partial charge in [0, 0.05) is 18.2 Å². The minimum atomic E-state index is -0.367. The van der Waals surface area contributed by atoms with E-state index in [2.05, 4.69) is 23.5 Å². The van der Waals surface area contributed by atoms with E-state index in [0.717, 1.165) is 28.1 Å². The monoisotopic (exact) mass is 293 g/mol. The summed E-state index contributed by atoms with van der Waals surface area (Å²) in [5.41, 5.74) is 3.69. The van der Waals surface area contributed by atoms with Gasteiger partial charge < -0.3 is 10.1 Å². The first kappa shape index (κ1) is 14.4. The number of anilines is 1. The Morgan fingerprint density at radius 1 is 1.09 bits per heavy atom. The molecule has 0 atom stereocenters. The van der Waals surface area contributed by atoms with Gasteiger partial charge in [0.05, 0.1) is 0 Å². The SMILES string of the molecule is CC(=O)Nc1cccc(C2=CC(C)(C)Oc3ccccc32)c1. The maximum atomic E-state index is 11.3. The number of para-hydroxylation sites is 1. The van der Waals surface area contributed by atoms with Crippen LogP contribution in [0.1, 0.15) is 31.9 Å². The number of fused-ring (bicyclic) bond motifs is 1. The van der Waals surface area contributed by atoms with Crippen molar-refractivity contribution in [2.24, 2.45) is 0 Å². The van der Waals surface area contributed by atoms with Crippen molar-refractivity contribution >= 4 is 17.2 Å². The van der Waals surface area contributed by atoms with E-state index in [0.29, 0.717) is 0 Å². The number of hydrogen-bond acceptors (Lipinski definition) is 2. The fraction of sp³-hybridized carbons (Fsp3) is 0.211. The highest BCUT2D eigenvalue weighted by atomic mass is 16.5. The van der Waals surface area contributed by atoms with E-state index >= 15 is 0 Å². The van der Waals surface area contributed by atoms with Crippen molar-refractivity contribution in [3.8, 4) is 5.75 Å². The lowest BCUT2D eigenvalue weighted by atomic mass is 9.90. The highest BCUT2D eigenvalue weighted by Crippen LogP contribution is 2.39. The molecule has 0 unspecified atom stereocenters. The molecule has 3 nitrogen and oxygen atoms in total. The third-order valence-corrected chi connectivity index (χ3v) is 3.54. The fourth-order valence-electron chi connectivity index (χ4n) is 2.72. The normalized spacial score (nSPS) is 15.3. The molecule has 0 fully saturated rings. The van der Waals surface area contributed by atoms with Gasteiger partial charge in [-0.1, -0.05) is 30.3 Å². The quantitative estimate of drug-likeness (QED) is 0.899. The van der Waals surface area contributed by atoms with Crippen LogP contribution in [0.15, 0.2) is 54.6 Å². The third kappa shape index (κ3) is 2.89. The van der Waals surface area contributed by atoms with Gasteiger partial charge >= 0.3 is 0 Å². The van der Waals surface area contributed by atoms with Crippen LogP contribution in [-0.4, -0.2) is 11.5 Å². The van der Waals surface area contributed by atoms with Gasteiger partial charge in [0.25, 0.3) is 0 Å². The highest BCUT2D eigenvalue weighted by molar-refractivity contribution is 5.91. The van der Waals surface area contributed by atoms with Gasteiger partial charge in [-0.2, -0.15) is 0 Å². The van der Waals surface area contributed by atoms with Crippen LogP contribution in [0.5, 0.6) is 5.75 Å². The van der Waals surface area contributed by atoms with Crippen molar-refractivity contribution in [2.75, 3.05) is 5.32 Å². The molecule has 112 valence electrons. The molecule has 22 heavy (non-hydrogen) atoms. The van der Waals surface area contributed by atoms with E-state index in [1.165, 1.54) is 6.92 Å². The molecule has 0 saturated heterocycles. The average molecular weight is 293 g/mol.